The molecule has 0 saturated carbocycles. The van der Waals surface area contributed by atoms with Crippen LogP contribution in [0, 0.1) is 0 Å². The molecule has 0 bridgehead atoms. The SMILES string of the molecule is CN(C)Cc1cccc(-c2cccc(CN)c2)c1. The number of rotatable bonds is 4. The van der Waals surface area contributed by atoms with Gasteiger partial charge in [0.15, 0.2) is 0 Å². The predicted molar refractivity (Wildman–Crippen MR) is 77.2 cm³/mol. The molecular formula is C16H20N2. The molecule has 0 heterocycles. The third-order valence-electron chi connectivity index (χ3n) is 2.92. The molecule has 2 nitrogen and oxygen atoms in total. The molecule has 2 heteroatoms. The molecule has 0 radical (unpaired) electrons. The zero-order valence-electron chi connectivity index (χ0n) is 11.1. The van der Waals surface area contributed by atoms with E-state index in [9.17, 15) is 0 Å². The van der Waals surface area contributed by atoms with Crippen LogP contribution >= 0.6 is 0 Å². The zero-order chi connectivity index (χ0) is 13.0. The van der Waals surface area contributed by atoms with E-state index in [0.717, 1.165) is 6.54 Å². The van der Waals surface area contributed by atoms with E-state index in [1.165, 1.54) is 22.3 Å². The number of hydrogen-bond donors (Lipinski definition) is 1. The number of hydrogen-bond acceptors (Lipinski definition) is 2. The molecule has 0 aliphatic heterocycles. The Morgan fingerprint density at radius 3 is 2.00 bits per heavy atom. The molecule has 0 fully saturated rings. The van der Waals surface area contributed by atoms with Gasteiger partial charge in [-0.05, 0) is 48.5 Å². The van der Waals surface area contributed by atoms with Crippen LogP contribution in [0.3, 0.4) is 0 Å². The van der Waals surface area contributed by atoms with Crippen molar-refractivity contribution in [3.05, 3.63) is 59.7 Å². The monoisotopic (exact) mass is 240 g/mol. The van der Waals surface area contributed by atoms with Gasteiger partial charge >= 0.3 is 0 Å². The molecule has 2 N–H and O–H groups in total. The van der Waals surface area contributed by atoms with Crippen molar-refractivity contribution in [1.29, 1.82) is 0 Å². The molecule has 0 unspecified atom stereocenters. The summed E-state index contributed by atoms with van der Waals surface area (Å²) in [7, 11) is 4.17. The highest BCUT2D eigenvalue weighted by molar-refractivity contribution is 5.64. The predicted octanol–water partition coefficient (Wildman–Crippen LogP) is 2.87. The van der Waals surface area contributed by atoms with Crippen molar-refractivity contribution in [2.45, 2.75) is 13.1 Å². The summed E-state index contributed by atoms with van der Waals surface area (Å²) in [5.74, 6) is 0. The maximum atomic E-state index is 5.69. The van der Waals surface area contributed by atoms with Crippen LogP contribution in [-0.2, 0) is 13.1 Å². The molecule has 0 atom stereocenters. The largest absolute Gasteiger partial charge is 0.326 e. The summed E-state index contributed by atoms with van der Waals surface area (Å²) >= 11 is 0. The topological polar surface area (TPSA) is 29.3 Å². The normalized spacial score (nSPS) is 10.9. The van der Waals surface area contributed by atoms with Crippen molar-refractivity contribution in [2.75, 3.05) is 14.1 Å². The van der Waals surface area contributed by atoms with Crippen molar-refractivity contribution in [2.24, 2.45) is 5.73 Å². The Balaban J connectivity index is 2.32. The molecule has 0 aromatic heterocycles. The molecule has 2 aromatic rings. The van der Waals surface area contributed by atoms with E-state index in [-0.39, 0.29) is 0 Å². The van der Waals surface area contributed by atoms with Gasteiger partial charge in [0.1, 0.15) is 0 Å². The maximum Gasteiger partial charge on any atom is 0.0227 e. The molecule has 0 aliphatic carbocycles. The molecule has 0 saturated heterocycles. The standard InChI is InChI=1S/C16H20N2/c1-18(2)12-14-6-4-8-16(10-14)15-7-3-5-13(9-15)11-17/h3-10H,11-12,17H2,1-2H3. The van der Waals surface area contributed by atoms with Gasteiger partial charge in [0.05, 0.1) is 0 Å². The molecule has 2 rings (SSSR count). The Kier molecular flexibility index (Phi) is 4.13. The molecule has 94 valence electrons. The van der Waals surface area contributed by atoms with E-state index in [1.54, 1.807) is 0 Å². The van der Waals surface area contributed by atoms with Gasteiger partial charge in [-0.1, -0.05) is 36.4 Å². The van der Waals surface area contributed by atoms with Crippen molar-refractivity contribution in [3.63, 3.8) is 0 Å². The minimum absolute atomic E-state index is 0.589. The molecular weight excluding hydrogens is 220 g/mol. The molecule has 18 heavy (non-hydrogen) atoms. The highest BCUT2D eigenvalue weighted by Crippen LogP contribution is 2.21. The second-order valence-electron chi connectivity index (χ2n) is 4.84. The van der Waals surface area contributed by atoms with Crippen molar-refractivity contribution < 1.29 is 0 Å². The molecule has 2 aromatic carbocycles. The Bertz CT molecular complexity index is 518. The number of nitrogens with two attached hydrogens (primary N) is 1. The first-order valence-corrected chi connectivity index (χ1v) is 6.22. The van der Waals surface area contributed by atoms with Gasteiger partial charge in [0.25, 0.3) is 0 Å². The van der Waals surface area contributed by atoms with Gasteiger partial charge < -0.3 is 10.6 Å². The second kappa shape index (κ2) is 5.80. The highest BCUT2D eigenvalue weighted by Gasteiger charge is 2.01. The summed E-state index contributed by atoms with van der Waals surface area (Å²) in [5, 5.41) is 0. The van der Waals surface area contributed by atoms with E-state index in [2.05, 4.69) is 67.5 Å². The zero-order valence-corrected chi connectivity index (χ0v) is 11.1. The van der Waals surface area contributed by atoms with Gasteiger partial charge in [-0.25, -0.2) is 0 Å². The van der Waals surface area contributed by atoms with E-state index >= 15 is 0 Å². The summed E-state index contributed by atoms with van der Waals surface area (Å²) in [6.45, 7) is 1.55. The van der Waals surface area contributed by atoms with Crippen LogP contribution in [0.15, 0.2) is 48.5 Å². The number of benzene rings is 2. The molecule has 0 spiro atoms. The fraction of sp³-hybridized carbons (Fsp3) is 0.250. The fourth-order valence-corrected chi connectivity index (χ4v) is 2.09. The summed E-state index contributed by atoms with van der Waals surface area (Å²) in [6, 6.07) is 17.1. The van der Waals surface area contributed by atoms with Crippen LogP contribution in [0.2, 0.25) is 0 Å². The third kappa shape index (κ3) is 3.19. The lowest BCUT2D eigenvalue weighted by molar-refractivity contribution is 0.402. The van der Waals surface area contributed by atoms with Gasteiger partial charge in [-0.15, -0.1) is 0 Å². The maximum absolute atomic E-state index is 5.69. The quantitative estimate of drug-likeness (QED) is 0.890. The summed E-state index contributed by atoms with van der Waals surface area (Å²) in [4.78, 5) is 2.18. The van der Waals surface area contributed by atoms with Crippen LogP contribution in [0.25, 0.3) is 11.1 Å². The lowest BCUT2D eigenvalue weighted by atomic mass is 10.0. The lowest BCUT2D eigenvalue weighted by Gasteiger charge is -2.11. The first kappa shape index (κ1) is 12.8. The van der Waals surface area contributed by atoms with Crippen LogP contribution < -0.4 is 5.73 Å². The van der Waals surface area contributed by atoms with E-state index < -0.39 is 0 Å². The van der Waals surface area contributed by atoms with Crippen LogP contribution in [0.4, 0.5) is 0 Å². The molecule has 0 aliphatic rings. The van der Waals surface area contributed by atoms with Crippen LogP contribution in [0.1, 0.15) is 11.1 Å². The fourth-order valence-electron chi connectivity index (χ4n) is 2.09. The van der Waals surface area contributed by atoms with Gasteiger partial charge in [-0.2, -0.15) is 0 Å². The minimum atomic E-state index is 0.589. The van der Waals surface area contributed by atoms with Crippen molar-refractivity contribution in [3.8, 4) is 11.1 Å². The average Bonchev–Trinajstić information content (AvgIpc) is 2.38. The van der Waals surface area contributed by atoms with Crippen molar-refractivity contribution in [1.82, 2.24) is 4.90 Å². The highest BCUT2D eigenvalue weighted by atomic mass is 15.0. The first-order chi connectivity index (χ1) is 8.69. The van der Waals surface area contributed by atoms with Gasteiger partial charge in [-0.3, -0.25) is 0 Å². The summed E-state index contributed by atoms with van der Waals surface area (Å²) in [5.41, 5.74) is 10.7. The second-order valence-corrected chi connectivity index (χ2v) is 4.84. The lowest BCUT2D eigenvalue weighted by Crippen LogP contribution is -2.10. The van der Waals surface area contributed by atoms with Crippen LogP contribution in [0.5, 0.6) is 0 Å². The Labute approximate surface area is 109 Å². The van der Waals surface area contributed by atoms with Crippen LogP contribution in [-0.4, -0.2) is 19.0 Å². The Morgan fingerprint density at radius 2 is 1.44 bits per heavy atom. The Morgan fingerprint density at radius 1 is 0.889 bits per heavy atom. The average molecular weight is 240 g/mol. The van der Waals surface area contributed by atoms with E-state index in [0.29, 0.717) is 6.54 Å². The van der Waals surface area contributed by atoms with E-state index in [1.807, 2.05) is 0 Å². The number of nitrogens with zero attached hydrogens (tertiary/aromatic N) is 1. The molecule has 0 amide bonds. The van der Waals surface area contributed by atoms with Gasteiger partial charge in [0, 0.05) is 13.1 Å². The first-order valence-electron chi connectivity index (χ1n) is 6.22. The van der Waals surface area contributed by atoms with Gasteiger partial charge in [0.2, 0.25) is 0 Å². The van der Waals surface area contributed by atoms with E-state index in [4.69, 9.17) is 5.73 Å². The smallest absolute Gasteiger partial charge is 0.0227 e. The minimum Gasteiger partial charge on any atom is -0.326 e. The summed E-state index contributed by atoms with van der Waals surface area (Å²) in [6.07, 6.45) is 0. The summed E-state index contributed by atoms with van der Waals surface area (Å²) < 4.78 is 0. The third-order valence-corrected chi connectivity index (χ3v) is 2.92. The van der Waals surface area contributed by atoms with Crippen molar-refractivity contribution >= 4 is 0 Å². The Hall–Kier alpha value is -1.64.